The van der Waals surface area contributed by atoms with Crippen molar-refractivity contribution in [1.29, 1.82) is 0 Å². The third-order valence-corrected chi connectivity index (χ3v) is 3.68. The van der Waals surface area contributed by atoms with Crippen LogP contribution in [0.15, 0.2) is 0 Å². The third-order valence-electron chi connectivity index (χ3n) is 1.96. The summed E-state index contributed by atoms with van der Waals surface area (Å²) in [5.74, 6) is 0.719. The second-order valence-electron chi connectivity index (χ2n) is 2.71. The van der Waals surface area contributed by atoms with E-state index in [1.807, 2.05) is 7.05 Å². The van der Waals surface area contributed by atoms with Crippen molar-refractivity contribution in [2.24, 2.45) is 0 Å². The van der Waals surface area contributed by atoms with E-state index in [-0.39, 0.29) is 24.8 Å². The number of rotatable bonds is 1. The summed E-state index contributed by atoms with van der Waals surface area (Å²) in [4.78, 5) is 0. The zero-order valence-corrected chi connectivity index (χ0v) is 9.40. The Kier molecular flexibility index (Phi) is 7.52. The summed E-state index contributed by atoms with van der Waals surface area (Å²) >= 11 is 0. The van der Waals surface area contributed by atoms with Gasteiger partial charge in [-0.3, -0.25) is 0 Å². The molecule has 0 aliphatic carbocycles. The Morgan fingerprint density at radius 1 is 1.17 bits per heavy atom. The Bertz CT molecular complexity index is 192. The van der Waals surface area contributed by atoms with E-state index in [1.54, 1.807) is 0 Å². The van der Waals surface area contributed by atoms with E-state index in [9.17, 15) is 8.42 Å². The average molecular weight is 236 g/mol. The van der Waals surface area contributed by atoms with Gasteiger partial charge in [-0.05, 0) is 19.9 Å². The standard InChI is InChI=1S/C6H13NO2S.2ClH/c1-7-6-2-4-10(8,9)5-3-6;;/h6-7H,2-5H2,1H3;2*1H. The van der Waals surface area contributed by atoms with Gasteiger partial charge in [0.2, 0.25) is 0 Å². The predicted octanol–water partition coefficient (Wildman–Crippen LogP) is 0.627. The first kappa shape index (κ1) is 15.0. The molecular formula is C6H15Cl2NO2S. The van der Waals surface area contributed by atoms with Crippen molar-refractivity contribution in [3.63, 3.8) is 0 Å². The molecule has 0 amide bonds. The van der Waals surface area contributed by atoms with Gasteiger partial charge in [0.15, 0.2) is 0 Å². The minimum atomic E-state index is -2.67. The molecule has 1 N–H and O–H groups in total. The van der Waals surface area contributed by atoms with E-state index >= 15 is 0 Å². The maximum absolute atomic E-state index is 10.9. The highest BCUT2D eigenvalue weighted by molar-refractivity contribution is 7.91. The molecule has 0 saturated carbocycles. The van der Waals surface area contributed by atoms with Gasteiger partial charge in [-0.1, -0.05) is 0 Å². The number of nitrogens with one attached hydrogen (secondary N) is 1. The highest BCUT2D eigenvalue weighted by atomic mass is 35.5. The van der Waals surface area contributed by atoms with E-state index in [0.29, 0.717) is 17.5 Å². The molecule has 0 spiro atoms. The third kappa shape index (κ3) is 4.50. The summed E-state index contributed by atoms with van der Waals surface area (Å²) in [5.41, 5.74) is 0. The summed E-state index contributed by atoms with van der Waals surface area (Å²) in [5, 5.41) is 3.08. The fourth-order valence-electron chi connectivity index (χ4n) is 1.18. The molecule has 0 bridgehead atoms. The van der Waals surface area contributed by atoms with Gasteiger partial charge in [-0.2, -0.15) is 0 Å². The molecule has 76 valence electrons. The lowest BCUT2D eigenvalue weighted by atomic mass is 10.2. The molecule has 1 aliphatic rings. The van der Waals surface area contributed by atoms with Crippen LogP contribution in [0.3, 0.4) is 0 Å². The smallest absolute Gasteiger partial charge is 0.150 e. The van der Waals surface area contributed by atoms with Crippen molar-refractivity contribution in [3.8, 4) is 0 Å². The minimum Gasteiger partial charge on any atom is -0.317 e. The van der Waals surface area contributed by atoms with Gasteiger partial charge in [-0.25, -0.2) is 8.42 Å². The summed E-state index contributed by atoms with van der Waals surface area (Å²) in [6.45, 7) is 0. The van der Waals surface area contributed by atoms with Gasteiger partial charge in [0.25, 0.3) is 0 Å². The molecule has 0 unspecified atom stereocenters. The molecule has 12 heavy (non-hydrogen) atoms. The molecule has 0 aromatic carbocycles. The number of hydrogen-bond acceptors (Lipinski definition) is 3. The lowest BCUT2D eigenvalue weighted by Gasteiger charge is -2.20. The van der Waals surface area contributed by atoms with E-state index in [4.69, 9.17) is 0 Å². The van der Waals surface area contributed by atoms with Gasteiger partial charge >= 0.3 is 0 Å². The highest BCUT2D eigenvalue weighted by Gasteiger charge is 2.21. The molecule has 3 nitrogen and oxygen atoms in total. The molecule has 1 rings (SSSR count). The number of hydrogen-bond donors (Lipinski definition) is 1. The maximum Gasteiger partial charge on any atom is 0.150 e. The molecule has 0 radical (unpaired) electrons. The molecule has 0 atom stereocenters. The Morgan fingerprint density at radius 3 is 1.92 bits per heavy atom. The molecule has 1 heterocycles. The van der Waals surface area contributed by atoms with E-state index in [0.717, 1.165) is 12.8 Å². The summed E-state index contributed by atoms with van der Waals surface area (Å²) in [6, 6.07) is 0.420. The van der Waals surface area contributed by atoms with Gasteiger partial charge in [0, 0.05) is 6.04 Å². The van der Waals surface area contributed by atoms with E-state index in [1.165, 1.54) is 0 Å². The quantitative estimate of drug-likeness (QED) is 0.726. The van der Waals surface area contributed by atoms with Crippen molar-refractivity contribution in [2.45, 2.75) is 18.9 Å². The monoisotopic (exact) mass is 235 g/mol. The Morgan fingerprint density at radius 2 is 1.58 bits per heavy atom. The summed E-state index contributed by atoms with van der Waals surface area (Å²) < 4.78 is 21.8. The Balaban J connectivity index is 0. The fourth-order valence-corrected chi connectivity index (χ4v) is 2.67. The molecule has 1 fully saturated rings. The first-order valence-electron chi connectivity index (χ1n) is 3.52. The lowest BCUT2D eigenvalue weighted by Crippen LogP contribution is -2.35. The lowest BCUT2D eigenvalue weighted by molar-refractivity contribution is 0.497. The first-order chi connectivity index (χ1) is 4.64. The minimum absolute atomic E-state index is 0. The van der Waals surface area contributed by atoms with Crippen LogP contribution in [0.1, 0.15) is 12.8 Å². The van der Waals surface area contributed by atoms with Crippen molar-refractivity contribution < 1.29 is 8.42 Å². The van der Waals surface area contributed by atoms with Crippen LogP contribution in [0.4, 0.5) is 0 Å². The van der Waals surface area contributed by atoms with Gasteiger partial charge in [0.1, 0.15) is 9.84 Å². The molecule has 6 heteroatoms. The largest absolute Gasteiger partial charge is 0.317 e. The maximum atomic E-state index is 10.9. The summed E-state index contributed by atoms with van der Waals surface area (Å²) in [7, 11) is -0.788. The van der Waals surface area contributed by atoms with Crippen LogP contribution in [-0.4, -0.2) is 33.0 Å². The van der Waals surface area contributed by atoms with E-state index in [2.05, 4.69) is 5.32 Å². The van der Waals surface area contributed by atoms with Gasteiger partial charge in [-0.15, -0.1) is 24.8 Å². The molecular weight excluding hydrogens is 221 g/mol. The van der Waals surface area contributed by atoms with Crippen LogP contribution >= 0.6 is 24.8 Å². The zero-order chi connectivity index (χ0) is 7.61. The molecule has 1 saturated heterocycles. The first-order valence-corrected chi connectivity index (χ1v) is 5.34. The van der Waals surface area contributed by atoms with Crippen molar-refractivity contribution in [3.05, 3.63) is 0 Å². The van der Waals surface area contributed by atoms with Crippen LogP contribution in [0.25, 0.3) is 0 Å². The van der Waals surface area contributed by atoms with Crippen LogP contribution < -0.4 is 5.32 Å². The SMILES string of the molecule is CNC1CCS(=O)(=O)CC1.Cl.Cl. The second kappa shape index (κ2) is 6.02. The average Bonchev–Trinajstić information content (AvgIpc) is 1.88. The highest BCUT2D eigenvalue weighted by Crippen LogP contribution is 2.10. The van der Waals surface area contributed by atoms with Gasteiger partial charge in [0.05, 0.1) is 11.5 Å². The van der Waals surface area contributed by atoms with Crippen molar-refractivity contribution >= 4 is 34.7 Å². The normalized spacial score (nSPS) is 22.1. The predicted molar refractivity (Wildman–Crippen MR) is 55.2 cm³/mol. The van der Waals surface area contributed by atoms with Crippen LogP contribution in [0, 0.1) is 0 Å². The van der Waals surface area contributed by atoms with Crippen molar-refractivity contribution in [2.75, 3.05) is 18.6 Å². The van der Waals surface area contributed by atoms with Crippen molar-refractivity contribution in [1.82, 2.24) is 5.32 Å². The van der Waals surface area contributed by atoms with Gasteiger partial charge < -0.3 is 5.32 Å². The van der Waals surface area contributed by atoms with Crippen LogP contribution in [0.5, 0.6) is 0 Å². The van der Waals surface area contributed by atoms with Crippen LogP contribution in [0.2, 0.25) is 0 Å². The molecule has 1 aliphatic heterocycles. The second-order valence-corrected chi connectivity index (χ2v) is 5.02. The molecule has 0 aromatic heterocycles. The number of sulfone groups is 1. The zero-order valence-electron chi connectivity index (χ0n) is 6.95. The summed E-state index contributed by atoms with van der Waals surface area (Å²) in [6.07, 6.45) is 1.55. The topological polar surface area (TPSA) is 46.2 Å². The number of halogens is 2. The fraction of sp³-hybridized carbons (Fsp3) is 1.00. The Labute approximate surface area is 86.0 Å². The van der Waals surface area contributed by atoms with E-state index < -0.39 is 9.84 Å². The molecule has 0 aromatic rings. The Hall–Kier alpha value is 0.490. The van der Waals surface area contributed by atoms with Crippen LogP contribution in [-0.2, 0) is 9.84 Å².